The molecule has 6 rings (SSSR count). The van der Waals surface area contributed by atoms with E-state index in [2.05, 4.69) is 213 Å². The van der Waals surface area contributed by atoms with E-state index < -0.39 is 0 Å². The van der Waals surface area contributed by atoms with Gasteiger partial charge in [0.15, 0.2) is 0 Å². The third kappa shape index (κ3) is 9.36. The van der Waals surface area contributed by atoms with Gasteiger partial charge in [-0.25, -0.2) is 0 Å². The Kier molecular flexibility index (Phi) is 13.9. The standard InChI is InChI=1S/C48H49N3.C2H6/c1-6-8-24-42(7-2)50(43-25-16-10-17-26-43)36-41-34-48-46(35-47(41)51(37(3)4)45-27-18-11-19-28-45)38(5)21-13-12-20-33-49(48)44-31-29-40(30-32-44)39-22-14-9-15-23-39;1-2/h6-32,34-35,37-38H,1,33,36H2,2-5H3;1-2H3/b20-12-,21-13-,24-8-,42-7+;. The van der Waals surface area contributed by atoms with E-state index in [-0.39, 0.29) is 12.0 Å². The predicted molar refractivity (Wildman–Crippen MR) is 233 cm³/mol. The molecule has 0 amide bonds. The number of hydrogen-bond acceptors (Lipinski definition) is 3. The van der Waals surface area contributed by atoms with Crippen LogP contribution in [0.4, 0.5) is 28.4 Å². The van der Waals surface area contributed by atoms with Crippen molar-refractivity contribution in [2.24, 2.45) is 0 Å². The third-order valence-electron chi connectivity index (χ3n) is 9.45. The van der Waals surface area contributed by atoms with E-state index in [1.807, 2.05) is 26.0 Å². The van der Waals surface area contributed by atoms with Gasteiger partial charge in [0.05, 0.1) is 6.54 Å². The van der Waals surface area contributed by atoms with E-state index in [0.717, 1.165) is 17.9 Å². The second-order valence-corrected chi connectivity index (χ2v) is 13.2. The highest BCUT2D eigenvalue weighted by Gasteiger charge is 2.25. The Bertz CT molecular complexity index is 2000. The SMILES string of the molecule is C=C/C=C\C(=C/C)N(Cc1cc2c(cc1N(c1ccccc1)C(C)C)C(C)/C=C\C=C/CN2c1ccc(-c2ccccc2)cc1)c1ccccc1.CC. The first-order chi connectivity index (χ1) is 26.0. The lowest BCUT2D eigenvalue weighted by Gasteiger charge is -2.36. The van der Waals surface area contributed by atoms with Gasteiger partial charge < -0.3 is 14.7 Å². The second kappa shape index (κ2) is 19.2. The summed E-state index contributed by atoms with van der Waals surface area (Å²) >= 11 is 0. The highest BCUT2D eigenvalue weighted by molar-refractivity contribution is 5.78. The number of para-hydroxylation sites is 2. The average Bonchev–Trinajstić information content (AvgIpc) is 3.28. The van der Waals surface area contributed by atoms with Gasteiger partial charge >= 0.3 is 0 Å². The van der Waals surface area contributed by atoms with Crippen LogP contribution in [-0.4, -0.2) is 12.6 Å². The molecule has 0 radical (unpaired) electrons. The zero-order chi connectivity index (χ0) is 37.6. The lowest BCUT2D eigenvalue weighted by molar-refractivity contribution is 0.778. The molecule has 0 saturated heterocycles. The van der Waals surface area contributed by atoms with Gasteiger partial charge in [0.2, 0.25) is 0 Å². The molecule has 0 N–H and O–H groups in total. The van der Waals surface area contributed by atoms with Crippen molar-refractivity contribution in [2.45, 2.75) is 60.0 Å². The van der Waals surface area contributed by atoms with Crippen molar-refractivity contribution in [3.8, 4) is 11.1 Å². The monoisotopic (exact) mass is 697 g/mol. The predicted octanol–water partition coefficient (Wildman–Crippen LogP) is 13.9. The van der Waals surface area contributed by atoms with Crippen LogP contribution in [0.2, 0.25) is 0 Å². The number of rotatable bonds is 11. The van der Waals surface area contributed by atoms with Crippen molar-refractivity contribution in [3.63, 3.8) is 0 Å². The van der Waals surface area contributed by atoms with Crippen LogP contribution >= 0.6 is 0 Å². The molecule has 5 aromatic carbocycles. The van der Waals surface area contributed by atoms with Crippen LogP contribution in [0.3, 0.4) is 0 Å². The number of allylic oxidation sites excluding steroid dienone is 7. The molecule has 3 nitrogen and oxygen atoms in total. The van der Waals surface area contributed by atoms with E-state index in [9.17, 15) is 0 Å². The summed E-state index contributed by atoms with van der Waals surface area (Å²) in [6, 6.07) is 46.3. The van der Waals surface area contributed by atoms with Crippen molar-refractivity contribution in [3.05, 3.63) is 199 Å². The third-order valence-corrected chi connectivity index (χ3v) is 9.45. The van der Waals surface area contributed by atoms with Crippen LogP contribution in [-0.2, 0) is 6.54 Å². The molecule has 1 atom stereocenters. The van der Waals surface area contributed by atoms with Gasteiger partial charge in [0, 0.05) is 52.6 Å². The largest absolute Gasteiger partial charge is 0.339 e. The summed E-state index contributed by atoms with van der Waals surface area (Å²) in [5.74, 6) is 0.193. The van der Waals surface area contributed by atoms with Gasteiger partial charge in [-0.15, -0.1) is 0 Å². The summed E-state index contributed by atoms with van der Waals surface area (Å²) in [6.07, 6.45) is 17.1. The molecule has 1 heterocycles. The minimum atomic E-state index is 0.193. The second-order valence-electron chi connectivity index (χ2n) is 13.2. The van der Waals surface area contributed by atoms with Crippen molar-refractivity contribution < 1.29 is 0 Å². The zero-order valence-electron chi connectivity index (χ0n) is 32.4. The summed E-state index contributed by atoms with van der Waals surface area (Å²) < 4.78 is 0. The van der Waals surface area contributed by atoms with Crippen LogP contribution in [0, 0.1) is 0 Å². The lowest BCUT2D eigenvalue weighted by Crippen LogP contribution is -2.29. The fourth-order valence-electron chi connectivity index (χ4n) is 6.89. The molecule has 0 aromatic heterocycles. The minimum absolute atomic E-state index is 0.193. The molecule has 270 valence electrons. The Labute approximate surface area is 319 Å². The summed E-state index contributed by atoms with van der Waals surface area (Å²) in [5, 5.41) is 0. The maximum atomic E-state index is 3.96. The van der Waals surface area contributed by atoms with Gasteiger partial charge in [0.25, 0.3) is 0 Å². The van der Waals surface area contributed by atoms with Gasteiger partial charge in [-0.2, -0.15) is 0 Å². The quantitative estimate of drug-likeness (QED) is 0.127. The first kappa shape index (κ1) is 38.4. The molecule has 3 heteroatoms. The molecule has 1 aliphatic rings. The highest BCUT2D eigenvalue weighted by atomic mass is 15.2. The van der Waals surface area contributed by atoms with Crippen molar-refractivity contribution in [1.29, 1.82) is 0 Å². The summed E-state index contributed by atoms with van der Waals surface area (Å²) in [5.41, 5.74) is 12.0. The van der Waals surface area contributed by atoms with Crippen LogP contribution in [0.1, 0.15) is 58.6 Å². The van der Waals surface area contributed by atoms with E-state index in [1.165, 1.54) is 45.0 Å². The Morgan fingerprint density at radius 2 is 1.40 bits per heavy atom. The van der Waals surface area contributed by atoms with Gasteiger partial charge in [0.1, 0.15) is 0 Å². The number of hydrogen-bond donors (Lipinski definition) is 0. The van der Waals surface area contributed by atoms with Crippen molar-refractivity contribution in [1.82, 2.24) is 0 Å². The highest BCUT2D eigenvalue weighted by Crippen LogP contribution is 2.43. The molecule has 0 fully saturated rings. The topological polar surface area (TPSA) is 9.72 Å². The van der Waals surface area contributed by atoms with Gasteiger partial charge in [-0.3, -0.25) is 0 Å². The molecule has 1 aliphatic heterocycles. The Morgan fingerprint density at radius 1 is 0.792 bits per heavy atom. The maximum absolute atomic E-state index is 3.96. The molecule has 53 heavy (non-hydrogen) atoms. The number of benzene rings is 5. The molecule has 5 aromatic rings. The van der Waals surface area contributed by atoms with E-state index in [0.29, 0.717) is 6.54 Å². The van der Waals surface area contributed by atoms with Gasteiger partial charge in [-0.1, -0.05) is 149 Å². The summed E-state index contributed by atoms with van der Waals surface area (Å²) in [6.45, 7) is 18.4. The average molecular weight is 698 g/mol. The smallest absolute Gasteiger partial charge is 0.0503 e. The van der Waals surface area contributed by atoms with E-state index in [1.54, 1.807) is 0 Å². The normalized spacial score (nSPS) is 15.3. The first-order valence-corrected chi connectivity index (χ1v) is 19.0. The fourth-order valence-corrected chi connectivity index (χ4v) is 6.89. The summed E-state index contributed by atoms with van der Waals surface area (Å²) in [7, 11) is 0. The molecule has 0 saturated carbocycles. The molecule has 1 unspecified atom stereocenters. The van der Waals surface area contributed by atoms with Crippen molar-refractivity contribution >= 4 is 28.4 Å². The number of fused-ring (bicyclic) bond motifs is 1. The Balaban J connectivity index is 0.00000266. The first-order valence-electron chi connectivity index (χ1n) is 19.0. The zero-order valence-corrected chi connectivity index (χ0v) is 32.4. The molecular formula is C50H55N3. The summed E-state index contributed by atoms with van der Waals surface area (Å²) in [4.78, 5) is 7.38. The van der Waals surface area contributed by atoms with Gasteiger partial charge in [-0.05, 0) is 97.6 Å². The minimum Gasteiger partial charge on any atom is -0.339 e. The van der Waals surface area contributed by atoms with Crippen LogP contribution < -0.4 is 14.7 Å². The van der Waals surface area contributed by atoms with Crippen molar-refractivity contribution in [2.75, 3.05) is 21.2 Å². The molecule has 0 aliphatic carbocycles. The van der Waals surface area contributed by atoms with Crippen LogP contribution in [0.15, 0.2) is 188 Å². The molecule has 0 bridgehead atoms. The van der Waals surface area contributed by atoms with Crippen LogP contribution in [0.25, 0.3) is 11.1 Å². The number of nitrogens with zero attached hydrogens (tertiary/aromatic N) is 3. The lowest BCUT2D eigenvalue weighted by atomic mass is 9.93. The molecular weight excluding hydrogens is 643 g/mol. The number of anilines is 5. The Morgan fingerprint density at radius 3 is 2.00 bits per heavy atom. The maximum Gasteiger partial charge on any atom is 0.0503 e. The van der Waals surface area contributed by atoms with Crippen LogP contribution in [0.5, 0.6) is 0 Å². The molecule has 0 spiro atoms. The fraction of sp³-hybridized carbons (Fsp3) is 0.200. The van der Waals surface area contributed by atoms with E-state index >= 15 is 0 Å². The van der Waals surface area contributed by atoms with E-state index in [4.69, 9.17) is 0 Å². The Hall–Kier alpha value is -5.80.